The minimum absolute atomic E-state index is 0.585. The molecule has 2 rings (SSSR count). The minimum atomic E-state index is 0.585. The van der Waals surface area contributed by atoms with Gasteiger partial charge < -0.3 is 10.2 Å². The normalized spacial score (nSPS) is 29.7. The van der Waals surface area contributed by atoms with Crippen LogP contribution in [-0.4, -0.2) is 37.1 Å². The highest BCUT2D eigenvalue weighted by molar-refractivity contribution is 4.79. The van der Waals surface area contributed by atoms with E-state index >= 15 is 0 Å². The molecule has 1 saturated carbocycles. The Labute approximate surface area is 120 Å². The van der Waals surface area contributed by atoms with Crippen LogP contribution in [0.3, 0.4) is 0 Å². The zero-order valence-corrected chi connectivity index (χ0v) is 13.2. The zero-order valence-electron chi connectivity index (χ0n) is 13.2. The maximum atomic E-state index is 3.83. The van der Waals surface area contributed by atoms with Crippen molar-refractivity contribution in [2.24, 2.45) is 5.41 Å². The van der Waals surface area contributed by atoms with E-state index in [1.807, 2.05) is 0 Å². The molecule has 0 amide bonds. The topological polar surface area (TPSA) is 15.3 Å². The van der Waals surface area contributed by atoms with E-state index in [0.717, 1.165) is 6.04 Å². The summed E-state index contributed by atoms with van der Waals surface area (Å²) in [5.41, 5.74) is 0.585. The highest BCUT2D eigenvalue weighted by Gasteiger charge is 2.23. The molecule has 1 unspecified atom stereocenters. The van der Waals surface area contributed by atoms with Gasteiger partial charge in [0, 0.05) is 19.1 Å². The first kappa shape index (κ1) is 15.3. The molecular weight excluding hydrogens is 232 g/mol. The molecule has 1 saturated heterocycles. The molecule has 0 radical (unpaired) electrons. The van der Waals surface area contributed by atoms with Gasteiger partial charge in [-0.05, 0) is 57.0 Å². The number of rotatable bonds is 4. The van der Waals surface area contributed by atoms with Crippen LogP contribution in [-0.2, 0) is 0 Å². The lowest BCUT2D eigenvalue weighted by atomic mass is 9.85. The standard InChI is InChI=1S/C17H34N2/c1-17(2)10-7-8-16(9-11-17)18-12-15-19-13-5-3-4-6-14-19/h16,18H,3-15H2,1-2H3. The van der Waals surface area contributed by atoms with Crippen molar-refractivity contribution in [1.82, 2.24) is 10.2 Å². The molecule has 2 fully saturated rings. The second-order valence-electron chi connectivity index (χ2n) is 7.50. The second kappa shape index (κ2) is 7.64. The average molecular weight is 266 g/mol. The van der Waals surface area contributed by atoms with E-state index in [9.17, 15) is 0 Å². The molecule has 0 aromatic rings. The van der Waals surface area contributed by atoms with Gasteiger partial charge in [-0.3, -0.25) is 0 Å². The minimum Gasteiger partial charge on any atom is -0.313 e. The predicted octanol–water partition coefficient (Wildman–Crippen LogP) is 3.81. The number of hydrogen-bond donors (Lipinski definition) is 1. The Balaban J connectivity index is 1.62. The van der Waals surface area contributed by atoms with Crippen molar-refractivity contribution in [3.63, 3.8) is 0 Å². The highest BCUT2D eigenvalue weighted by atomic mass is 15.1. The van der Waals surface area contributed by atoms with Crippen LogP contribution in [0.2, 0.25) is 0 Å². The molecule has 0 aromatic heterocycles. The first-order chi connectivity index (χ1) is 9.16. The maximum absolute atomic E-state index is 3.83. The third-order valence-electron chi connectivity index (χ3n) is 5.14. The number of nitrogens with one attached hydrogen (secondary N) is 1. The van der Waals surface area contributed by atoms with Crippen molar-refractivity contribution in [2.45, 2.75) is 77.7 Å². The molecule has 0 spiro atoms. The number of nitrogens with zero attached hydrogens (tertiary/aromatic N) is 1. The van der Waals surface area contributed by atoms with Crippen molar-refractivity contribution >= 4 is 0 Å². The highest BCUT2D eigenvalue weighted by Crippen LogP contribution is 2.33. The quantitative estimate of drug-likeness (QED) is 0.778. The monoisotopic (exact) mass is 266 g/mol. The Bertz CT molecular complexity index is 242. The smallest absolute Gasteiger partial charge is 0.0107 e. The lowest BCUT2D eigenvalue weighted by molar-refractivity contribution is 0.274. The molecule has 0 aromatic carbocycles. The molecule has 1 heterocycles. The van der Waals surface area contributed by atoms with Crippen LogP contribution in [0.15, 0.2) is 0 Å². The van der Waals surface area contributed by atoms with Crippen molar-refractivity contribution in [1.29, 1.82) is 0 Å². The molecule has 1 atom stereocenters. The van der Waals surface area contributed by atoms with Gasteiger partial charge in [0.25, 0.3) is 0 Å². The number of likely N-dealkylation sites (tertiary alicyclic amines) is 1. The summed E-state index contributed by atoms with van der Waals surface area (Å²) in [6, 6.07) is 0.786. The van der Waals surface area contributed by atoms with E-state index in [1.54, 1.807) is 0 Å². The molecule has 2 nitrogen and oxygen atoms in total. The lowest BCUT2D eigenvalue weighted by Gasteiger charge is -2.24. The Kier molecular flexibility index (Phi) is 6.15. The van der Waals surface area contributed by atoms with Crippen LogP contribution in [0.1, 0.15) is 71.6 Å². The molecule has 1 N–H and O–H groups in total. The third-order valence-corrected chi connectivity index (χ3v) is 5.14. The molecular formula is C17H34N2. The molecule has 112 valence electrons. The van der Waals surface area contributed by atoms with Gasteiger partial charge in [0.1, 0.15) is 0 Å². The van der Waals surface area contributed by atoms with E-state index < -0.39 is 0 Å². The average Bonchev–Trinajstić information content (AvgIpc) is 2.71. The molecule has 0 bridgehead atoms. The van der Waals surface area contributed by atoms with Crippen LogP contribution in [0.4, 0.5) is 0 Å². The zero-order chi connectivity index (χ0) is 13.6. The van der Waals surface area contributed by atoms with Gasteiger partial charge in [-0.1, -0.05) is 33.1 Å². The van der Waals surface area contributed by atoms with Gasteiger partial charge >= 0.3 is 0 Å². The summed E-state index contributed by atoms with van der Waals surface area (Å²) in [5, 5.41) is 3.83. The molecule has 1 aliphatic heterocycles. The fraction of sp³-hybridized carbons (Fsp3) is 1.00. The second-order valence-corrected chi connectivity index (χ2v) is 7.50. The van der Waals surface area contributed by atoms with Crippen molar-refractivity contribution in [2.75, 3.05) is 26.2 Å². The maximum Gasteiger partial charge on any atom is 0.0107 e. The molecule has 2 aliphatic rings. The van der Waals surface area contributed by atoms with Crippen LogP contribution < -0.4 is 5.32 Å². The summed E-state index contributed by atoms with van der Waals surface area (Å²) in [5.74, 6) is 0. The van der Waals surface area contributed by atoms with Crippen molar-refractivity contribution < 1.29 is 0 Å². The fourth-order valence-corrected chi connectivity index (χ4v) is 3.65. The molecule has 1 aliphatic carbocycles. The van der Waals surface area contributed by atoms with Crippen LogP contribution in [0, 0.1) is 5.41 Å². The summed E-state index contributed by atoms with van der Waals surface area (Å²) < 4.78 is 0. The number of hydrogen-bond acceptors (Lipinski definition) is 2. The van der Waals surface area contributed by atoms with Crippen LogP contribution in [0.25, 0.3) is 0 Å². The van der Waals surface area contributed by atoms with Crippen LogP contribution in [0.5, 0.6) is 0 Å². The first-order valence-electron chi connectivity index (χ1n) is 8.61. The third kappa shape index (κ3) is 5.83. The summed E-state index contributed by atoms with van der Waals surface area (Å²) in [6.45, 7) is 10.0. The Morgan fingerprint density at radius 2 is 1.68 bits per heavy atom. The molecule has 19 heavy (non-hydrogen) atoms. The van der Waals surface area contributed by atoms with E-state index in [1.165, 1.54) is 84.0 Å². The van der Waals surface area contributed by atoms with Gasteiger partial charge in [-0.15, -0.1) is 0 Å². The fourth-order valence-electron chi connectivity index (χ4n) is 3.65. The van der Waals surface area contributed by atoms with Crippen LogP contribution >= 0.6 is 0 Å². The largest absolute Gasteiger partial charge is 0.313 e. The van der Waals surface area contributed by atoms with E-state index in [2.05, 4.69) is 24.1 Å². The summed E-state index contributed by atoms with van der Waals surface area (Å²) in [6.07, 6.45) is 12.7. The van der Waals surface area contributed by atoms with Crippen molar-refractivity contribution in [3.8, 4) is 0 Å². The van der Waals surface area contributed by atoms with E-state index in [0.29, 0.717) is 5.41 Å². The van der Waals surface area contributed by atoms with E-state index in [4.69, 9.17) is 0 Å². The Morgan fingerprint density at radius 3 is 2.42 bits per heavy atom. The summed E-state index contributed by atoms with van der Waals surface area (Å²) in [7, 11) is 0. The van der Waals surface area contributed by atoms with E-state index in [-0.39, 0.29) is 0 Å². The summed E-state index contributed by atoms with van der Waals surface area (Å²) >= 11 is 0. The van der Waals surface area contributed by atoms with Gasteiger partial charge in [0.05, 0.1) is 0 Å². The van der Waals surface area contributed by atoms with Gasteiger partial charge in [0.2, 0.25) is 0 Å². The first-order valence-corrected chi connectivity index (χ1v) is 8.61. The summed E-state index contributed by atoms with van der Waals surface area (Å²) in [4.78, 5) is 2.67. The Hall–Kier alpha value is -0.0800. The SMILES string of the molecule is CC1(C)CCCC(NCCN2CCCCCC2)CC1. The van der Waals surface area contributed by atoms with Gasteiger partial charge in [-0.25, -0.2) is 0 Å². The predicted molar refractivity (Wildman–Crippen MR) is 83.6 cm³/mol. The lowest BCUT2D eigenvalue weighted by Crippen LogP contribution is -2.37. The van der Waals surface area contributed by atoms with Gasteiger partial charge in [0.15, 0.2) is 0 Å². The molecule has 2 heteroatoms. The van der Waals surface area contributed by atoms with Gasteiger partial charge in [-0.2, -0.15) is 0 Å². The van der Waals surface area contributed by atoms with Crippen molar-refractivity contribution in [3.05, 3.63) is 0 Å². The Morgan fingerprint density at radius 1 is 0.947 bits per heavy atom.